The van der Waals surface area contributed by atoms with Crippen LogP contribution in [-0.2, 0) is 6.18 Å². The van der Waals surface area contributed by atoms with Gasteiger partial charge in [0.15, 0.2) is 5.82 Å². The molecule has 1 aromatic carbocycles. The van der Waals surface area contributed by atoms with E-state index in [0.717, 1.165) is 38.7 Å². The summed E-state index contributed by atoms with van der Waals surface area (Å²) >= 11 is 0. The Labute approximate surface area is 172 Å². The van der Waals surface area contributed by atoms with E-state index < -0.39 is 11.7 Å². The first-order valence-corrected chi connectivity index (χ1v) is 10.1. The SMILES string of the molecule is CC1Nc2c(nc[nH]c2=O)N1CCCN1CCN(c2cccc(C(F)(F)F)c2)CC1. The van der Waals surface area contributed by atoms with Crippen LogP contribution in [0.15, 0.2) is 35.4 Å². The van der Waals surface area contributed by atoms with Gasteiger partial charge in [-0.1, -0.05) is 6.07 Å². The molecule has 7 nitrogen and oxygen atoms in total. The Morgan fingerprint density at radius 2 is 1.93 bits per heavy atom. The lowest BCUT2D eigenvalue weighted by atomic mass is 10.1. The highest BCUT2D eigenvalue weighted by Crippen LogP contribution is 2.32. The molecule has 1 fully saturated rings. The van der Waals surface area contributed by atoms with Gasteiger partial charge in [-0.2, -0.15) is 13.2 Å². The van der Waals surface area contributed by atoms with Crippen molar-refractivity contribution in [2.75, 3.05) is 54.4 Å². The van der Waals surface area contributed by atoms with E-state index in [4.69, 9.17) is 0 Å². The average Bonchev–Trinajstić information content (AvgIpc) is 3.05. The number of halogens is 3. The minimum absolute atomic E-state index is 0.00811. The van der Waals surface area contributed by atoms with Crippen molar-refractivity contribution in [3.8, 4) is 0 Å². The van der Waals surface area contributed by atoms with Crippen molar-refractivity contribution in [3.05, 3.63) is 46.5 Å². The molecule has 1 saturated heterocycles. The second kappa shape index (κ2) is 8.17. The Kier molecular flexibility index (Phi) is 5.59. The summed E-state index contributed by atoms with van der Waals surface area (Å²) in [6, 6.07) is 5.53. The Hall–Kier alpha value is -2.75. The molecule has 1 atom stereocenters. The summed E-state index contributed by atoms with van der Waals surface area (Å²) in [6.45, 7) is 6.65. The van der Waals surface area contributed by atoms with Gasteiger partial charge < -0.3 is 20.1 Å². The average molecular weight is 422 g/mol. The van der Waals surface area contributed by atoms with Crippen molar-refractivity contribution in [2.45, 2.75) is 25.7 Å². The van der Waals surface area contributed by atoms with Crippen LogP contribution >= 0.6 is 0 Å². The number of nitrogens with zero attached hydrogens (tertiary/aromatic N) is 4. The normalized spacial score (nSPS) is 19.7. The van der Waals surface area contributed by atoms with Crippen LogP contribution < -0.4 is 20.7 Å². The highest BCUT2D eigenvalue weighted by Gasteiger charge is 2.31. The summed E-state index contributed by atoms with van der Waals surface area (Å²) in [6.07, 6.45) is -1.99. The number of aromatic nitrogens is 2. The van der Waals surface area contributed by atoms with Crippen LogP contribution in [-0.4, -0.2) is 60.3 Å². The number of benzene rings is 1. The lowest BCUT2D eigenvalue weighted by Crippen LogP contribution is -2.47. The smallest absolute Gasteiger partial charge is 0.369 e. The number of nitrogens with one attached hydrogen (secondary N) is 2. The summed E-state index contributed by atoms with van der Waals surface area (Å²) in [7, 11) is 0. The van der Waals surface area contributed by atoms with Gasteiger partial charge in [0.25, 0.3) is 5.56 Å². The van der Waals surface area contributed by atoms with Crippen molar-refractivity contribution < 1.29 is 13.2 Å². The fourth-order valence-electron chi connectivity index (χ4n) is 4.08. The minimum Gasteiger partial charge on any atom is -0.369 e. The summed E-state index contributed by atoms with van der Waals surface area (Å²) in [5, 5.41) is 3.16. The predicted molar refractivity (Wildman–Crippen MR) is 110 cm³/mol. The molecule has 0 amide bonds. The van der Waals surface area contributed by atoms with Crippen molar-refractivity contribution in [3.63, 3.8) is 0 Å². The summed E-state index contributed by atoms with van der Waals surface area (Å²) < 4.78 is 38.8. The lowest BCUT2D eigenvalue weighted by molar-refractivity contribution is -0.137. The van der Waals surface area contributed by atoms with E-state index >= 15 is 0 Å². The third kappa shape index (κ3) is 4.23. The van der Waals surface area contributed by atoms with E-state index in [1.54, 1.807) is 6.07 Å². The molecule has 30 heavy (non-hydrogen) atoms. The molecule has 1 aromatic heterocycles. The van der Waals surface area contributed by atoms with E-state index in [-0.39, 0.29) is 11.7 Å². The monoisotopic (exact) mass is 422 g/mol. The van der Waals surface area contributed by atoms with Gasteiger partial charge in [-0.25, -0.2) is 4.98 Å². The van der Waals surface area contributed by atoms with Gasteiger partial charge in [0.2, 0.25) is 0 Å². The molecule has 3 heterocycles. The maximum Gasteiger partial charge on any atom is 0.416 e. The Bertz CT molecular complexity index is 939. The van der Waals surface area contributed by atoms with E-state index in [0.29, 0.717) is 30.3 Å². The Morgan fingerprint density at radius 3 is 2.67 bits per heavy atom. The molecule has 2 aromatic rings. The number of aromatic amines is 1. The second-order valence-electron chi connectivity index (χ2n) is 7.67. The van der Waals surface area contributed by atoms with Crippen molar-refractivity contribution in [2.24, 2.45) is 0 Å². The topological polar surface area (TPSA) is 67.5 Å². The molecule has 0 bridgehead atoms. The maximum atomic E-state index is 12.9. The van der Waals surface area contributed by atoms with Gasteiger partial charge in [0.05, 0.1) is 18.1 Å². The molecule has 2 N–H and O–H groups in total. The number of H-pyrrole nitrogens is 1. The molecule has 162 valence electrons. The molecule has 2 aliphatic rings. The fourth-order valence-corrected chi connectivity index (χ4v) is 4.08. The first-order valence-electron chi connectivity index (χ1n) is 10.1. The highest BCUT2D eigenvalue weighted by molar-refractivity contribution is 5.70. The molecular formula is C20H25F3N6O. The van der Waals surface area contributed by atoms with Crippen LogP contribution in [0.4, 0.5) is 30.4 Å². The number of piperazine rings is 1. The standard InChI is InChI=1S/C20H25F3N6O/c1-14-26-17-18(24-13-25-19(17)30)29(14)7-3-6-27-8-10-28(11-9-27)16-5-2-4-15(12-16)20(21,22)23/h2,4-5,12-14,26H,3,6-11H2,1H3,(H,24,25,30). The van der Waals surface area contributed by atoms with Gasteiger partial charge in [0, 0.05) is 38.4 Å². The molecule has 1 unspecified atom stereocenters. The van der Waals surface area contributed by atoms with Crippen molar-refractivity contribution in [1.82, 2.24) is 14.9 Å². The van der Waals surface area contributed by atoms with Crippen LogP contribution in [0.3, 0.4) is 0 Å². The third-order valence-corrected chi connectivity index (χ3v) is 5.71. The number of rotatable bonds is 5. The van der Waals surface area contributed by atoms with Gasteiger partial charge in [-0.05, 0) is 38.1 Å². The quantitative estimate of drug-likeness (QED) is 0.772. The molecule has 10 heteroatoms. The van der Waals surface area contributed by atoms with Crippen LogP contribution in [0.1, 0.15) is 18.9 Å². The molecule has 0 saturated carbocycles. The van der Waals surface area contributed by atoms with E-state index in [1.165, 1.54) is 18.5 Å². The first-order chi connectivity index (χ1) is 14.3. The molecular weight excluding hydrogens is 397 g/mol. The molecule has 4 rings (SSSR count). The molecule has 0 aliphatic carbocycles. The molecule has 0 radical (unpaired) electrons. The van der Waals surface area contributed by atoms with Gasteiger partial charge >= 0.3 is 6.18 Å². The fraction of sp³-hybridized carbons (Fsp3) is 0.500. The third-order valence-electron chi connectivity index (χ3n) is 5.71. The van der Waals surface area contributed by atoms with Crippen LogP contribution in [0, 0.1) is 0 Å². The zero-order valence-electron chi connectivity index (χ0n) is 16.7. The lowest BCUT2D eigenvalue weighted by Gasteiger charge is -2.36. The zero-order valence-corrected chi connectivity index (χ0v) is 16.7. The van der Waals surface area contributed by atoms with Crippen LogP contribution in [0.25, 0.3) is 0 Å². The number of hydrogen-bond donors (Lipinski definition) is 2. The summed E-state index contributed by atoms with van der Waals surface area (Å²) in [4.78, 5) is 25.2. The first kappa shape index (κ1) is 20.5. The molecule has 2 aliphatic heterocycles. The van der Waals surface area contributed by atoms with Crippen LogP contribution in [0.5, 0.6) is 0 Å². The minimum atomic E-state index is -4.32. The van der Waals surface area contributed by atoms with Gasteiger partial charge in [0.1, 0.15) is 5.69 Å². The Balaban J connectivity index is 1.27. The van der Waals surface area contributed by atoms with Gasteiger partial charge in [-0.3, -0.25) is 9.69 Å². The van der Waals surface area contributed by atoms with Gasteiger partial charge in [-0.15, -0.1) is 0 Å². The summed E-state index contributed by atoms with van der Waals surface area (Å²) in [5.41, 5.74) is 0.359. The number of alkyl halides is 3. The highest BCUT2D eigenvalue weighted by atomic mass is 19.4. The Morgan fingerprint density at radius 1 is 1.17 bits per heavy atom. The molecule has 0 spiro atoms. The number of anilines is 3. The van der Waals surface area contributed by atoms with E-state index in [1.807, 2.05) is 11.8 Å². The number of fused-ring (bicyclic) bond motifs is 1. The van der Waals surface area contributed by atoms with Crippen molar-refractivity contribution in [1.29, 1.82) is 0 Å². The van der Waals surface area contributed by atoms with Crippen LogP contribution in [0.2, 0.25) is 0 Å². The zero-order chi connectivity index (χ0) is 21.3. The summed E-state index contributed by atoms with van der Waals surface area (Å²) in [5.74, 6) is 0.681. The van der Waals surface area contributed by atoms with Crippen molar-refractivity contribution >= 4 is 17.2 Å². The number of hydrogen-bond acceptors (Lipinski definition) is 6. The predicted octanol–water partition coefficient (Wildman–Crippen LogP) is 2.58. The maximum absolute atomic E-state index is 12.9. The van der Waals surface area contributed by atoms with E-state index in [9.17, 15) is 18.0 Å². The largest absolute Gasteiger partial charge is 0.416 e. The van der Waals surface area contributed by atoms with E-state index in [2.05, 4.69) is 25.1 Å². The second-order valence-corrected chi connectivity index (χ2v) is 7.67.